The minimum absolute atomic E-state index is 0.0305. The maximum atomic E-state index is 5.41. The summed E-state index contributed by atoms with van der Waals surface area (Å²) in [5.41, 5.74) is 5.41. The lowest BCUT2D eigenvalue weighted by atomic mass is 10.2. The highest BCUT2D eigenvalue weighted by atomic mass is 16.5. The number of nitrogens with two attached hydrogens (primary N) is 1. The van der Waals surface area contributed by atoms with E-state index in [2.05, 4.69) is 15.2 Å². The Kier molecular flexibility index (Phi) is 3.00. The molecule has 1 unspecified atom stereocenters. The average Bonchev–Trinajstić information content (AvgIpc) is 2.52. The average molecular weight is 156 g/mol. The second kappa shape index (κ2) is 4.05. The third-order valence-electron chi connectivity index (χ3n) is 1.48. The van der Waals surface area contributed by atoms with Gasteiger partial charge in [-0.25, -0.2) is 4.98 Å². The summed E-state index contributed by atoms with van der Waals surface area (Å²) >= 11 is 0. The van der Waals surface area contributed by atoms with Gasteiger partial charge in [-0.2, -0.15) is 5.10 Å². The largest absolute Gasteiger partial charge is 0.380 e. The molecule has 3 N–H and O–H groups in total. The first kappa shape index (κ1) is 8.16. The highest BCUT2D eigenvalue weighted by molar-refractivity contribution is 4.83. The molecular weight excluding hydrogens is 144 g/mol. The van der Waals surface area contributed by atoms with Gasteiger partial charge in [-0.15, -0.1) is 0 Å². The van der Waals surface area contributed by atoms with Crippen LogP contribution in [0.1, 0.15) is 5.82 Å². The first-order valence-corrected chi connectivity index (χ1v) is 3.44. The zero-order chi connectivity index (χ0) is 8.10. The minimum atomic E-state index is 0.0305. The maximum Gasteiger partial charge on any atom is 0.137 e. The Labute approximate surface area is 65.0 Å². The SMILES string of the molecule is COC(CN)Cc1ncn[nH]1. The summed E-state index contributed by atoms with van der Waals surface area (Å²) in [6.45, 7) is 0.497. The van der Waals surface area contributed by atoms with Crippen LogP contribution in [0.15, 0.2) is 6.33 Å². The molecule has 1 aromatic heterocycles. The molecule has 0 saturated heterocycles. The highest BCUT2D eigenvalue weighted by Gasteiger charge is 2.06. The molecule has 0 radical (unpaired) electrons. The first-order chi connectivity index (χ1) is 5.36. The van der Waals surface area contributed by atoms with E-state index >= 15 is 0 Å². The van der Waals surface area contributed by atoms with E-state index in [1.54, 1.807) is 7.11 Å². The maximum absolute atomic E-state index is 5.41. The molecule has 1 heterocycles. The Bertz CT molecular complexity index is 182. The summed E-state index contributed by atoms with van der Waals surface area (Å²) in [4.78, 5) is 3.95. The van der Waals surface area contributed by atoms with Crippen molar-refractivity contribution in [1.82, 2.24) is 15.2 Å². The molecule has 0 aliphatic heterocycles. The summed E-state index contributed by atoms with van der Waals surface area (Å²) in [5, 5.41) is 6.45. The number of H-pyrrole nitrogens is 1. The van der Waals surface area contributed by atoms with Crippen LogP contribution in [0.25, 0.3) is 0 Å². The first-order valence-electron chi connectivity index (χ1n) is 3.44. The number of aromatic nitrogens is 3. The number of methoxy groups -OCH3 is 1. The Morgan fingerprint density at radius 2 is 2.64 bits per heavy atom. The molecule has 0 aliphatic carbocycles. The van der Waals surface area contributed by atoms with Crippen molar-refractivity contribution >= 4 is 0 Å². The Hall–Kier alpha value is -0.940. The Morgan fingerprint density at radius 1 is 1.82 bits per heavy atom. The number of rotatable bonds is 4. The van der Waals surface area contributed by atoms with E-state index in [0.29, 0.717) is 13.0 Å². The summed E-state index contributed by atoms with van der Waals surface area (Å²) in [6, 6.07) is 0. The number of nitrogens with zero attached hydrogens (tertiary/aromatic N) is 2. The molecule has 0 aromatic carbocycles. The second-order valence-corrected chi connectivity index (χ2v) is 2.23. The fraction of sp³-hybridized carbons (Fsp3) is 0.667. The van der Waals surface area contributed by atoms with E-state index in [1.807, 2.05) is 0 Å². The molecule has 0 spiro atoms. The van der Waals surface area contributed by atoms with Crippen LogP contribution in [0.5, 0.6) is 0 Å². The highest BCUT2D eigenvalue weighted by Crippen LogP contribution is 1.96. The van der Waals surface area contributed by atoms with E-state index in [1.165, 1.54) is 6.33 Å². The third kappa shape index (κ3) is 2.28. The van der Waals surface area contributed by atoms with E-state index in [4.69, 9.17) is 10.5 Å². The van der Waals surface area contributed by atoms with Crippen molar-refractivity contribution in [2.75, 3.05) is 13.7 Å². The monoisotopic (exact) mass is 156 g/mol. The lowest BCUT2D eigenvalue weighted by Gasteiger charge is -2.09. The van der Waals surface area contributed by atoms with Crippen molar-refractivity contribution in [2.24, 2.45) is 5.73 Å². The predicted octanol–water partition coefficient (Wildman–Crippen LogP) is -0.679. The summed E-state index contributed by atoms with van der Waals surface area (Å²) in [7, 11) is 1.63. The normalized spacial score (nSPS) is 13.3. The third-order valence-corrected chi connectivity index (χ3v) is 1.48. The molecular formula is C6H12N4O. The van der Waals surface area contributed by atoms with Gasteiger partial charge in [0.2, 0.25) is 0 Å². The van der Waals surface area contributed by atoms with E-state index in [-0.39, 0.29) is 6.10 Å². The van der Waals surface area contributed by atoms with Crippen molar-refractivity contribution in [3.63, 3.8) is 0 Å². The van der Waals surface area contributed by atoms with Crippen LogP contribution in [-0.2, 0) is 11.2 Å². The molecule has 0 bridgehead atoms. The van der Waals surface area contributed by atoms with Crippen LogP contribution in [0.2, 0.25) is 0 Å². The molecule has 0 saturated carbocycles. The molecule has 5 heteroatoms. The van der Waals surface area contributed by atoms with Crippen molar-refractivity contribution in [1.29, 1.82) is 0 Å². The standard InChI is InChI=1S/C6H12N4O/c1-11-5(3-7)2-6-8-4-9-10-6/h4-5H,2-3,7H2,1H3,(H,8,9,10). The van der Waals surface area contributed by atoms with Gasteiger partial charge in [0.05, 0.1) is 6.10 Å². The van der Waals surface area contributed by atoms with Gasteiger partial charge in [-0.05, 0) is 0 Å². The van der Waals surface area contributed by atoms with Crippen LogP contribution in [0.4, 0.5) is 0 Å². The summed E-state index contributed by atoms with van der Waals surface area (Å²) in [6.07, 6.45) is 2.19. The van der Waals surface area contributed by atoms with Gasteiger partial charge in [0.1, 0.15) is 12.2 Å². The minimum Gasteiger partial charge on any atom is -0.380 e. The van der Waals surface area contributed by atoms with Crippen LogP contribution in [-0.4, -0.2) is 34.9 Å². The quantitative estimate of drug-likeness (QED) is 0.605. The topological polar surface area (TPSA) is 76.8 Å². The fourth-order valence-corrected chi connectivity index (χ4v) is 0.808. The lowest BCUT2D eigenvalue weighted by Crippen LogP contribution is -2.25. The van der Waals surface area contributed by atoms with E-state index in [0.717, 1.165) is 5.82 Å². The van der Waals surface area contributed by atoms with E-state index < -0.39 is 0 Å². The number of hydrogen-bond donors (Lipinski definition) is 2. The molecule has 1 atom stereocenters. The number of hydrogen-bond acceptors (Lipinski definition) is 4. The Morgan fingerprint density at radius 3 is 3.09 bits per heavy atom. The molecule has 62 valence electrons. The molecule has 1 aromatic rings. The zero-order valence-electron chi connectivity index (χ0n) is 6.45. The summed E-state index contributed by atoms with van der Waals surface area (Å²) < 4.78 is 5.06. The zero-order valence-corrected chi connectivity index (χ0v) is 6.45. The molecule has 0 amide bonds. The van der Waals surface area contributed by atoms with Gasteiger partial charge >= 0.3 is 0 Å². The van der Waals surface area contributed by atoms with Gasteiger partial charge in [-0.3, -0.25) is 5.10 Å². The second-order valence-electron chi connectivity index (χ2n) is 2.23. The van der Waals surface area contributed by atoms with Gasteiger partial charge < -0.3 is 10.5 Å². The molecule has 1 rings (SSSR count). The van der Waals surface area contributed by atoms with Crippen LogP contribution < -0.4 is 5.73 Å². The van der Waals surface area contributed by atoms with Crippen LogP contribution in [0, 0.1) is 0 Å². The van der Waals surface area contributed by atoms with Crippen molar-refractivity contribution < 1.29 is 4.74 Å². The van der Waals surface area contributed by atoms with Crippen molar-refractivity contribution in [2.45, 2.75) is 12.5 Å². The van der Waals surface area contributed by atoms with E-state index in [9.17, 15) is 0 Å². The predicted molar refractivity (Wildman–Crippen MR) is 39.9 cm³/mol. The lowest BCUT2D eigenvalue weighted by molar-refractivity contribution is 0.108. The van der Waals surface area contributed by atoms with Gasteiger partial charge in [-0.1, -0.05) is 0 Å². The van der Waals surface area contributed by atoms with Gasteiger partial charge in [0.15, 0.2) is 0 Å². The smallest absolute Gasteiger partial charge is 0.137 e. The molecule has 0 fully saturated rings. The van der Waals surface area contributed by atoms with Gasteiger partial charge in [0, 0.05) is 20.1 Å². The fourth-order valence-electron chi connectivity index (χ4n) is 0.808. The summed E-state index contributed by atoms with van der Waals surface area (Å²) in [5.74, 6) is 0.808. The molecule has 0 aliphatic rings. The number of ether oxygens (including phenoxy) is 1. The molecule has 5 nitrogen and oxygen atoms in total. The van der Waals surface area contributed by atoms with Crippen molar-refractivity contribution in [3.05, 3.63) is 12.2 Å². The van der Waals surface area contributed by atoms with Gasteiger partial charge in [0.25, 0.3) is 0 Å². The van der Waals surface area contributed by atoms with Crippen molar-refractivity contribution in [3.8, 4) is 0 Å². The van der Waals surface area contributed by atoms with Crippen LogP contribution in [0.3, 0.4) is 0 Å². The van der Waals surface area contributed by atoms with Crippen LogP contribution >= 0.6 is 0 Å². The Balaban J connectivity index is 2.41. The number of nitrogens with one attached hydrogen (secondary N) is 1. The molecule has 11 heavy (non-hydrogen) atoms. The number of aromatic amines is 1.